The van der Waals surface area contributed by atoms with Crippen molar-refractivity contribution < 1.29 is 4.74 Å². The zero-order valence-corrected chi connectivity index (χ0v) is 13.9. The van der Waals surface area contributed by atoms with Crippen molar-refractivity contribution in [1.82, 2.24) is 4.98 Å². The van der Waals surface area contributed by atoms with Gasteiger partial charge in [-0.1, -0.05) is 55.8 Å². The van der Waals surface area contributed by atoms with E-state index in [1.54, 1.807) is 6.07 Å². The van der Waals surface area contributed by atoms with Crippen LogP contribution in [0.25, 0.3) is 10.9 Å². The van der Waals surface area contributed by atoms with Gasteiger partial charge in [-0.2, -0.15) is 0 Å². The van der Waals surface area contributed by atoms with Crippen molar-refractivity contribution in [3.05, 3.63) is 75.0 Å². The van der Waals surface area contributed by atoms with Gasteiger partial charge in [-0.25, -0.2) is 0 Å². The molecule has 3 aromatic rings. The average molecular weight is 328 g/mol. The molecule has 0 saturated heterocycles. The summed E-state index contributed by atoms with van der Waals surface area (Å²) in [4.78, 5) is 15.0. The molecule has 1 aromatic heterocycles. The standard InChI is InChI=1S/C19H18ClNO2/c1-12(2)15-8-14-9-16(20)18(10-17(14)21-19(15)22)23-11-13-6-4-3-5-7-13/h3-10,12H,11H2,1-2H3,(H,21,22). The van der Waals surface area contributed by atoms with E-state index in [0.717, 1.165) is 22.0 Å². The third kappa shape index (κ3) is 3.40. The van der Waals surface area contributed by atoms with Crippen LogP contribution in [0.15, 0.2) is 53.3 Å². The maximum Gasteiger partial charge on any atom is 0.251 e. The van der Waals surface area contributed by atoms with Gasteiger partial charge in [0, 0.05) is 17.0 Å². The number of ether oxygens (including phenoxy) is 1. The molecule has 0 spiro atoms. The van der Waals surface area contributed by atoms with Crippen molar-refractivity contribution in [2.75, 3.05) is 0 Å². The first-order valence-corrected chi connectivity index (χ1v) is 7.95. The summed E-state index contributed by atoms with van der Waals surface area (Å²) in [6.45, 7) is 4.42. The zero-order chi connectivity index (χ0) is 16.4. The smallest absolute Gasteiger partial charge is 0.251 e. The lowest BCUT2D eigenvalue weighted by Crippen LogP contribution is -2.13. The van der Waals surface area contributed by atoms with Crippen molar-refractivity contribution in [1.29, 1.82) is 0 Å². The Bertz CT molecular complexity index is 885. The van der Waals surface area contributed by atoms with Gasteiger partial charge in [0.15, 0.2) is 0 Å². The van der Waals surface area contributed by atoms with Crippen LogP contribution in [0.4, 0.5) is 0 Å². The van der Waals surface area contributed by atoms with Gasteiger partial charge in [-0.3, -0.25) is 4.79 Å². The predicted octanol–water partition coefficient (Wildman–Crippen LogP) is 4.88. The molecule has 0 bridgehead atoms. The molecule has 1 N–H and O–H groups in total. The molecular weight excluding hydrogens is 310 g/mol. The van der Waals surface area contributed by atoms with Gasteiger partial charge in [-0.05, 0) is 23.6 Å². The molecule has 0 fully saturated rings. The Kier molecular flexibility index (Phi) is 4.39. The molecule has 23 heavy (non-hydrogen) atoms. The van der Waals surface area contributed by atoms with Crippen LogP contribution in [-0.4, -0.2) is 4.98 Å². The maximum atomic E-state index is 12.1. The zero-order valence-electron chi connectivity index (χ0n) is 13.1. The first-order chi connectivity index (χ1) is 11.0. The largest absolute Gasteiger partial charge is 0.487 e. The van der Waals surface area contributed by atoms with Gasteiger partial charge in [0.05, 0.1) is 10.5 Å². The molecule has 0 saturated carbocycles. The first-order valence-electron chi connectivity index (χ1n) is 7.58. The Morgan fingerprint density at radius 2 is 1.87 bits per heavy atom. The van der Waals surface area contributed by atoms with Gasteiger partial charge < -0.3 is 9.72 Å². The van der Waals surface area contributed by atoms with E-state index in [4.69, 9.17) is 16.3 Å². The van der Waals surface area contributed by atoms with Crippen LogP contribution in [0.1, 0.15) is 30.9 Å². The molecule has 0 aliphatic rings. The van der Waals surface area contributed by atoms with Gasteiger partial charge in [0.25, 0.3) is 5.56 Å². The molecule has 3 nitrogen and oxygen atoms in total. The van der Waals surface area contributed by atoms with E-state index in [0.29, 0.717) is 17.4 Å². The highest BCUT2D eigenvalue weighted by molar-refractivity contribution is 6.32. The Balaban J connectivity index is 1.94. The third-order valence-corrected chi connectivity index (χ3v) is 4.08. The molecule has 0 amide bonds. The number of aromatic nitrogens is 1. The molecule has 0 radical (unpaired) electrons. The summed E-state index contributed by atoms with van der Waals surface area (Å²) in [6.07, 6.45) is 0. The van der Waals surface area contributed by atoms with E-state index in [-0.39, 0.29) is 11.5 Å². The number of hydrogen-bond donors (Lipinski definition) is 1. The fourth-order valence-electron chi connectivity index (χ4n) is 2.50. The Labute approximate surface area is 139 Å². The lowest BCUT2D eigenvalue weighted by atomic mass is 10.0. The van der Waals surface area contributed by atoms with E-state index >= 15 is 0 Å². The molecule has 118 valence electrons. The number of pyridine rings is 1. The van der Waals surface area contributed by atoms with Crippen molar-refractivity contribution in [2.45, 2.75) is 26.4 Å². The van der Waals surface area contributed by atoms with Crippen LogP contribution in [0.2, 0.25) is 5.02 Å². The van der Waals surface area contributed by atoms with E-state index in [2.05, 4.69) is 4.98 Å². The highest BCUT2D eigenvalue weighted by Crippen LogP contribution is 2.30. The second kappa shape index (κ2) is 6.47. The summed E-state index contributed by atoms with van der Waals surface area (Å²) in [5.41, 5.74) is 2.48. The van der Waals surface area contributed by atoms with Gasteiger partial charge >= 0.3 is 0 Å². The lowest BCUT2D eigenvalue weighted by Gasteiger charge is -2.11. The average Bonchev–Trinajstić information content (AvgIpc) is 2.53. The highest BCUT2D eigenvalue weighted by atomic mass is 35.5. The molecule has 1 heterocycles. The number of hydrogen-bond acceptors (Lipinski definition) is 2. The van der Waals surface area contributed by atoms with Gasteiger partial charge in [-0.15, -0.1) is 0 Å². The molecule has 3 rings (SSSR count). The second-order valence-electron chi connectivity index (χ2n) is 5.85. The predicted molar refractivity (Wildman–Crippen MR) is 94.4 cm³/mol. The number of fused-ring (bicyclic) bond motifs is 1. The van der Waals surface area contributed by atoms with Crippen molar-refractivity contribution >= 4 is 22.5 Å². The molecule has 0 aliphatic heterocycles. The summed E-state index contributed by atoms with van der Waals surface area (Å²) >= 11 is 6.32. The minimum Gasteiger partial charge on any atom is -0.487 e. The molecular formula is C19H18ClNO2. The molecule has 0 atom stereocenters. The molecule has 0 aliphatic carbocycles. The summed E-state index contributed by atoms with van der Waals surface area (Å²) in [6, 6.07) is 15.4. The van der Waals surface area contributed by atoms with Crippen LogP contribution < -0.4 is 10.3 Å². The van der Waals surface area contributed by atoms with Crippen LogP contribution in [0.5, 0.6) is 5.75 Å². The Hall–Kier alpha value is -2.26. The minimum absolute atomic E-state index is 0.0659. The third-order valence-electron chi connectivity index (χ3n) is 3.78. The molecule has 0 unspecified atom stereocenters. The Morgan fingerprint density at radius 1 is 1.13 bits per heavy atom. The highest BCUT2D eigenvalue weighted by Gasteiger charge is 2.10. The van der Waals surface area contributed by atoms with E-state index < -0.39 is 0 Å². The number of aromatic amines is 1. The number of H-pyrrole nitrogens is 1. The number of halogens is 1. The van der Waals surface area contributed by atoms with Crippen molar-refractivity contribution in [3.63, 3.8) is 0 Å². The molecule has 4 heteroatoms. The topological polar surface area (TPSA) is 42.1 Å². The lowest BCUT2D eigenvalue weighted by molar-refractivity contribution is 0.307. The maximum absolute atomic E-state index is 12.1. The van der Waals surface area contributed by atoms with E-state index in [9.17, 15) is 4.79 Å². The summed E-state index contributed by atoms with van der Waals surface area (Å²) in [5, 5.41) is 1.44. The van der Waals surface area contributed by atoms with Crippen LogP contribution in [-0.2, 0) is 6.61 Å². The van der Waals surface area contributed by atoms with E-state index in [1.165, 1.54) is 0 Å². The van der Waals surface area contributed by atoms with Crippen molar-refractivity contribution in [3.8, 4) is 5.75 Å². The Morgan fingerprint density at radius 3 is 2.57 bits per heavy atom. The van der Waals surface area contributed by atoms with Gasteiger partial charge in [0.1, 0.15) is 12.4 Å². The first kappa shape index (κ1) is 15.6. The normalized spacial score (nSPS) is 11.1. The number of rotatable bonds is 4. The fraction of sp³-hybridized carbons (Fsp3) is 0.211. The monoisotopic (exact) mass is 327 g/mol. The van der Waals surface area contributed by atoms with Crippen LogP contribution in [0, 0.1) is 0 Å². The van der Waals surface area contributed by atoms with Crippen LogP contribution >= 0.6 is 11.6 Å². The summed E-state index contributed by atoms with van der Waals surface area (Å²) < 4.78 is 5.79. The van der Waals surface area contributed by atoms with Crippen LogP contribution in [0.3, 0.4) is 0 Å². The van der Waals surface area contributed by atoms with Crippen molar-refractivity contribution in [2.24, 2.45) is 0 Å². The fourth-order valence-corrected chi connectivity index (χ4v) is 2.73. The van der Waals surface area contributed by atoms with E-state index in [1.807, 2.05) is 56.3 Å². The molecule has 2 aromatic carbocycles. The number of benzene rings is 2. The van der Waals surface area contributed by atoms with Gasteiger partial charge in [0.2, 0.25) is 0 Å². The number of nitrogens with one attached hydrogen (secondary N) is 1. The quantitative estimate of drug-likeness (QED) is 0.741. The second-order valence-corrected chi connectivity index (χ2v) is 6.26. The SMILES string of the molecule is CC(C)c1cc2cc(Cl)c(OCc3ccccc3)cc2[nH]c1=O. The summed E-state index contributed by atoms with van der Waals surface area (Å²) in [7, 11) is 0. The summed E-state index contributed by atoms with van der Waals surface area (Å²) in [5.74, 6) is 0.729. The minimum atomic E-state index is -0.0659.